The zero-order valence-electron chi connectivity index (χ0n) is 29.4. The Kier molecular flexibility index (Phi) is 15.1. The Bertz CT molecular complexity index is 1190. The molecule has 0 spiro atoms. The second-order valence-corrected chi connectivity index (χ2v) is 14.5. The molecular weight excluding hydrogens is 706 g/mol. The second kappa shape index (κ2) is 18.9. The summed E-state index contributed by atoms with van der Waals surface area (Å²) in [5.74, 6) is 0.492. The Hall–Kier alpha value is -1.75. The van der Waals surface area contributed by atoms with Crippen molar-refractivity contribution in [1.82, 2.24) is 15.7 Å². The number of amides is 2. The second-order valence-electron chi connectivity index (χ2n) is 14.5. The third kappa shape index (κ3) is 9.98. The first-order valence-electron chi connectivity index (χ1n) is 18.1. The summed E-state index contributed by atoms with van der Waals surface area (Å²) in [6.07, 6.45) is -11.4. The van der Waals surface area contributed by atoms with Gasteiger partial charge in [-0.3, -0.25) is 5.21 Å². The maximum atomic E-state index is 12.7. The van der Waals surface area contributed by atoms with Gasteiger partial charge in [-0.2, -0.15) is 0 Å². The van der Waals surface area contributed by atoms with E-state index in [2.05, 4.69) is 10.6 Å². The van der Waals surface area contributed by atoms with Crippen molar-refractivity contribution in [3.8, 4) is 0 Å². The SMILES string of the molecule is NCCN(O)C(=O)N[C@@H]1C[C@H](N)[C@@H](O[C@H]2O[C@H](CNCC3CC(N)C3)C=C[C@H]2N)[C@H](O[C@@H]2O[C@H](CO)[C@@H](O[C@H]3O[C@@H](CN)[C@@H](O)[C@H](O)[C@H]3N)[C@H]2O)[C@H]1O. The molecule has 2 amide bonds. The molecule has 22 heteroatoms. The van der Waals surface area contributed by atoms with Crippen LogP contribution in [0.1, 0.15) is 19.3 Å². The first-order chi connectivity index (χ1) is 25.3. The van der Waals surface area contributed by atoms with Gasteiger partial charge in [-0.15, -0.1) is 0 Å². The quantitative estimate of drug-likeness (QED) is 0.0418. The van der Waals surface area contributed by atoms with Gasteiger partial charge in [0.15, 0.2) is 18.9 Å². The van der Waals surface area contributed by atoms with Crippen LogP contribution in [0.15, 0.2) is 12.2 Å². The molecule has 0 unspecified atom stereocenters. The molecule has 3 aliphatic heterocycles. The number of rotatable bonds is 15. The molecule has 0 radical (unpaired) electrons. The molecule has 0 aromatic carbocycles. The number of nitrogens with one attached hydrogen (secondary N) is 2. The van der Waals surface area contributed by atoms with E-state index in [0.29, 0.717) is 17.5 Å². The lowest BCUT2D eigenvalue weighted by Crippen LogP contribution is -2.67. The van der Waals surface area contributed by atoms with Crippen LogP contribution < -0.4 is 45.0 Å². The van der Waals surface area contributed by atoms with Crippen LogP contribution in [0.4, 0.5) is 4.79 Å². The molecule has 53 heavy (non-hydrogen) atoms. The molecule has 20 N–H and O–H groups in total. The van der Waals surface area contributed by atoms with Crippen LogP contribution in [0, 0.1) is 5.92 Å². The van der Waals surface area contributed by atoms with Crippen LogP contribution in [0.2, 0.25) is 0 Å². The molecule has 3 heterocycles. The van der Waals surface area contributed by atoms with Crippen molar-refractivity contribution in [2.75, 3.05) is 39.3 Å². The summed E-state index contributed by atoms with van der Waals surface area (Å²) in [5, 5.41) is 70.2. The largest absolute Gasteiger partial charge is 0.394 e. The van der Waals surface area contributed by atoms with Gasteiger partial charge in [0.25, 0.3) is 0 Å². The van der Waals surface area contributed by atoms with Gasteiger partial charge in [0.1, 0.15) is 54.9 Å². The molecule has 2 aliphatic carbocycles. The molecule has 0 bridgehead atoms. The highest BCUT2D eigenvalue weighted by atomic mass is 16.8. The van der Waals surface area contributed by atoms with Gasteiger partial charge in [-0.25, -0.2) is 9.86 Å². The van der Waals surface area contributed by atoms with Crippen LogP contribution in [-0.2, 0) is 28.4 Å². The molecular formula is C31H59N9O13. The maximum Gasteiger partial charge on any atom is 0.341 e. The van der Waals surface area contributed by atoms with Crippen LogP contribution >= 0.6 is 0 Å². The van der Waals surface area contributed by atoms with Crippen molar-refractivity contribution in [2.24, 2.45) is 40.3 Å². The molecule has 2 saturated carbocycles. The van der Waals surface area contributed by atoms with Gasteiger partial charge in [-0.1, -0.05) is 12.2 Å². The molecule has 306 valence electrons. The van der Waals surface area contributed by atoms with Gasteiger partial charge in [-0.05, 0) is 31.7 Å². The van der Waals surface area contributed by atoms with Crippen LogP contribution in [0.3, 0.4) is 0 Å². The number of urea groups is 1. The van der Waals surface area contributed by atoms with Gasteiger partial charge in [0.05, 0.1) is 37.4 Å². The highest BCUT2D eigenvalue weighted by molar-refractivity contribution is 5.73. The van der Waals surface area contributed by atoms with Crippen LogP contribution in [0.5, 0.6) is 0 Å². The zero-order valence-corrected chi connectivity index (χ0v) is 29.4. The van der Waals surface area contributed by atoms with Gasteiger partial charge in [0.2, 0.25) is 0 Å². The summed E-state index contributed by atoms with van der Waals surface area (Å²) in [6, 6.07) is -4.77. The summed E-state index contributed by atoms with van der Waals surface area (Å²) in [7, 11) is 0. The lowest BCUT2D eigenvalue weighted by molar-refractivity contribution is -0.284. The van der Waals surface area contributed by atoms with Crippen molar-refractivity contribution in [3.63, 3.8) is 0 Å². The predicted molar refractivity (Wildman–Crippen MR) is 182 cm³/mol. The van der Waals surface area contributed by atoms with Gasteiger partial charge in [0, 0.05) is 31.7 Å². The molecule has 0 aromatic rings. The number of hydroxylamine groups is 2. The lowest BCUT2D eigenvalue weighted by atomic mass is 9.81. The van der Waals surface area contributed by atoms with Crippen LogP contribution in [-0.4, -0.2) is 191 Å². The number of ether oxygens (including phenoxy) is 6. The average Bonchev–Trinajstić information content (AvgIpc) is 3.41. The predicted octanol–water partition coefficient (Wildman–Crippen LogP) is -7.29. The zero-order chi connectivity index (χ0) is 38.6. The molecule has 17 atom stereocenters. The summed E-state index contributed by atoms with van der Waals surface area (Å²) in [6.45, 7) is 0.161. The molecule has 2 saturated heterocycles. The number of hydrogen-bond donors (Lipinski definition) is 14. The first-order valence-corrected chi connectivity index (χ1v) is 18.1. The smallest absolute Gasteiger partial charge is 0.341 e. The minimum Gasteiger partial charge on any atom is -0.394 e. The summed E-state index contributed by atoms with van der Waals surface area (Å²) >= 11 is 0. The maximum absolute atomic E-state index is 12.7. The number of aliphatic hydroxyl groups excluding tert-OH is 5. The van der Waals surface area contributed by atoms with Crippen LogP contribution in [0.25, 0.3) is 0 Å². The topological polar surface area (TPSA) is 377 Å². The summed E-state index contributed by atoms with van der Waals surface area (Å²) < 4.78 is 36.0. The lowest BCUT2D eigenvalue weighted by Gasteiger charge is -2.46. The Morgan fingerprint density at radius 3 is 2.13 bits per heavy atom. The van der Waals surface area contributed by atoms with E-state index in [0.717, 1.165) is 19.4 Å². The Morgan fingerprint density at radius 2 is 1.47 bits per heavy atom. The van der Waals surface area contributed by atoms with Gasteiger partial charge < -0.3 is 99.0 Å². The van der Waals surface area contributed by atoms with E-state index in [1.807, 2.05) is 6.08 Å². The Labute approximate surface area is 306 Å². The number of aliphatic hydroxyl groups is 5. The van der Waals surface area contributed by atoms with Crippen molar-refractivity contribution in [2.45, 2.75) is 129 Å². The minimum absolute atomic E-state index is 0.0327. The average molecular weight is 766 g/mol. The summed E-state index contributed by atoms with van der Waals surface area (Å²) in [4.78, 5) is 12.7. The number of nitrogens with two attached hydrogens (primary N) is 6. The minimum atomic E-state index is -1.66. The van der Waals surface area contributed by atoms with E-state index in [-0.39, 0.29) is 32.1 Å². The number of hydrogen-bond acceptors (Lipinski definition) is 20. The van der Waals surface area contributed by atoms with E-state index >= 15 is 0 Å². The van der Waals surface area contributed by atoms with Crippen molar-refractivity contribution >= 4 is 6.03 Å². The number of nitrogens with zero attached hydrogens (tertiary/aromatic N) is 1. The monoisotopic (exact) mass is 765 g/mol. The van der Waals surface area contributed by atoms with Crippen molar-refractivity contribution in [3.05, 3.63) is 12.2 Å². The number of carbonyl (C=O) groups is 1. The molecule has 0 aromatic heterocycles. The van der Waals surface area contributed by atoms with Crippen molar-refractivity contribution < 1.29 is 64.0 Å². The van der Waals surface area contributed by atoms with E-state index in [1.165, 1.54) is 0 Å². The third-order valence-corrected chi connectivity index (χ3v) is 10.5. The van der Waals surface area contributed by atoms with E-state index in [4.69, 9.17) is 62.8 Å². The fourth-order valence-corrected chi connectivity index (χ4v) is 7.31. The fourth-order valence-electron chi connectivity index (χ4n) is 7.31. The molecule has 5 rings (SSSR count). The fraction of sp³-hybridized carbons (Fsp3) is 0.903. The van der Waals surface area contributed by atoms with E-state index in [1.54, 1.807) is 6.08 Å². The molecule has 4 fully saturated rings. The highest BCUT2D eigenvalue weighted by Crippen LogP contribution is 2.34. The highest BCUT2D eigenvalue weighted by Gasteiger charge is 2.54. The standard InChI is InChI=1S/C31H59N9O13/c32-3-4-40(47)31(46)39-17-7-16(36)25(51-28-15(35)2-1-14(48-28)10-38-9-12-5-13(34)6-12)27(21(17)42)53-30-24(45)26(19(11-41)50-30)52-29-20(37)23(44)22(43)18(8-33)49-29/h1-2,12-30,38,41-45,47H,3-11,32-37H2,(H,39,46)/t12?,13?,14-,15+,16-,17+,18-,19+,20+,21-,22+,23+,24+,25+,26+,27+,28+,29+,30-/m0/s1. The Morgan fingerprint density at radius 1 is 0.792 bits per heavy atom. The van der Waals surface area contributed by atoms with Crippen molar-refractivity contribution in [1.29, 1.82) is 0 Å². The molecule has 22 nitrogen and oxygen atoms in total. The molecule has 5 aliphatic rings. The van der Waals surface area contributed by atoms with E-state index < -0.39 is 117 Å². The normalized spacial score (nSPS) is 45.8. The third-order valence-electron chi connectivity index (χ3n) is 10.5. The first kappa shape index (κ1) is 42.4. The van der Waals surface area contributed by atoms with E-state index in [9.17, 15) is 35.5 Å². The Balaban J connectivity index is 1.31. The summed E-state index contributed by atoms with van der Waals surface area (Å²) in [5.41, 5.74) is 36.0. The number of carbonyl (C=O) groups excluding carboxylic acids is 1. The van der Waals surface area contributed by atoms with Gasteiger partial charge >= 0.3 is 6.03 Å².